The number of rotatable bonds is 2. The minimum Gasteiger partial charge on any atom is -0.485 e. The van der Waals surface area contributed by atoms with E-state index in [4.69, 9.17) is 15.2 Å². The predicted molar refractivity (Wildman–Crippen MR) is 55.4 cm³/mol. The fourth-order valence-electron chi connectivity index (χ4n) is 1.61. The van der Waals surface area contributed by atoms with Gasteiger partial charge >= 0.3 is 0 Å². The first-order chi connectivity index (χ1) is 6.77. The SMILES string of the molecule is Cc1cccc(N)c1O[C@@H]1CCOC1. The molecule has 0 saturated carbocycles. The Kier molecular flexibility index (Phi) is 2.59. The average Bonchev–Trinajstić information content (AvgIpc) is 2.64. The van der Waals surface area contributed by atoms with Crippen LogP contribution in [0.4, 0.5) is 5.69 Å². The van der Waals surface area contributed by atoms with Crippen molar-refractivity contribution in [2.75, 3.05) is 18.9 Å². The number of anilines is 1. The molecule has 0 bridgehead atoms. The highest BCUT2D eigenvalue weighted by Gasteiger charge is 2.18. The third-order valence-corrected chi connectivity index (χ3v) is 2.41. The Morgan fingerprint density at radius 1 is 1.50 bits per heavy atom. The van der Waals surface area contributed by atoms with Crippen molar-refractivity contribution in [2.45, 2.75) is 19.4 Å². The highest BCUT2D eigenvalue weighted by molar-refractivity contribution is 5.56. The summed E-state index contributed by atoms with van der Waals surface area (Å²) in [4.78, 5) is 0. The number of hydrogen-bond acceptors (Lipinski definition) is 3. The standard InChI is InChI=1S/C11H15NO2/c1-8-3-2-4-10(12)11(8)14-9-5-6-13-7-9/h2-4,9H,5-7,12H2,1H3/t9-/m1/s1. The zero-order valence-electron chi connectivity index (χ0n) is 8.32. The smallest absolute Gasteiger partial charge is 0.145 e. The third kappa shape index (κ3) is 1.82. The van der Waals surface area contributed by atoms with Gasteiger partial charge in [-0.2, -0.15) is 0 Å². The number of benzene rings is 1. The zero-order chi connectivity index (χ0) is 9.97. The molecule has 1 fully saturated rings. The van der Waals surface area contributed by atoms with Crippen molar-refractivity contribution in [2.24, 2.45) is 0 Å². The normalized spacial score (nSPS) is 21.1. The maximum absolute atomic E-state index is 5.83. The van der Waals surface area contributed by atoms with Gasteiger partial charge < -0.3 is 15.2 Å². The molecule has 2 rings (SSSR count). The molecular weight excluding hydrogens is 178 g/mol. The summed E-state index contributed by atoms with van der Waals surface area (Å²) < 4.78 is 11.0. The molecule has 0 spiro atoms. The summed E-state index contributed by atoms with van der Waals surface area (Å²) in [5.74, 6) is 0.808. The van der Waals surface area contributed by atoms with Gasteiger partial charge in [-0.05, 0) is 18.6 Å². The number of ether oxygens (including phenoxy) is 2. The fourth-order valence-corrected chi connectivity index (χ4v) is 1.61. The number of para-hydroxylation sites is 1. The van der Waals surface area contributed by atoms with Gasteiger partial charge in [0.25, 0.3) is 0 Å². The Morgan fingerprint density at radius 2 is 2.36 bits per heavy atom. The molecule has 3 heteroatoms. The summed E-state index contributed by atoms with van der Waals surface area (Å²) >= 11 is 0. The molecular formula is C11H15NO2. The van der Waals surface area contributed by atoms with Gasteiger partial charge in [0.2, 0.25) is 0 Å². The van der Waals surface area contributed by atoms with Crippen molar-refractivity contribution in [1.82, 2.24) is 0 Å². The highest BCUT2D eigenvalue weighted by Crippen LogP contribution is 2.27. The quantitative estimate of drug-likeness (QED) is 0.728. The van der Waals surface area contributed by atoms with Crippen LogP contribution in [0.25, 0.3) is 0 Å². The lowest BCUT2D eigenvalue weighted by atomic mass is 10.2. The first-order valence-electron chi connectivity index (χ1n) is 4.87. The van der Waals surface area contributed by atoms with Gasteiger partial charge in [0, 0.05) is 6.42 Å². The van der Waals surface area contributed by atoms with Crippen LogP contribution in [0.2, 0.25) is 0 Å². The van der Waals surface area contributed by atoms with Crippen molar-refractivity contribution in [1.29, 1.82) is 0 Å². The fraction of sp³-hybridized carbons (Fsp3) is 0.455. The largest absolute Gasteiger partial charge is 0.485 e. The van der Waals surface area contributed by atoms with Crippen LogP contribution in [0, 0.1) is 6.92 Å². The molecule has 1 aromatic rings. The molecule has 0 aromatic heterocycles. The number of aryl methyl sites for hydroxylation is 1. The first-order valence-corrected chi connectivity index (χ1v) is 4.87. The van der Waals surface area contributed by atoms with Crippen LogP contribution in [0.1, 0.15) is 12.0 Å². The number of nitrogens with two attached hydrogens (primary N) is 1. The molecule has 1 atom stereocenters. The molecule has 14 heavy (non-hydrogen) atoms. The highest BCUT2D eigenvalue weighted by atomic mass is 16.5. The van der Waals surface area contributed by atoms with E-state index in [1.807, 2.05) is 25.1 Å². The van der Waals surface area contributed by atoms with E-state index in [1.54, 1.807) is 0 Å². The van der Waals surface area contributed by atoms with Gasteiger partial charge in [-0.25, -0.2) is 0 Å². The lowest BCUT2D eigenvalue weighted by molar-refractivity contribution is 0.141. The molecule has 1 heterocycles. The van der Waals surface area contributed by atoms with Crippen molar-refractivity contribution in [3.8, 4) is 5.75 Å². The summed E-state index contributed by atoms with van der Waals surface area (Å²) in [5, 5.41) is 0. The number of hydrogen-bond donors (Lipinski definition) is 1. The summed E-state index contributed by atoms with van der Waals surface area (Å²) in [6.07, 6.45) is 1.12. The van der Waals surface area contributed by atoms with E-state index in [-0.39, 0.29) is 6.10 Å². The van der Waals surface area contributed by atoms with E-state index < -0.39 is 0 Å². The molecule has 76 valence electrons. The van der Waals surface area contributed by atoms with Crippen molar-refractivity contribution in [3.05, 3.63) is 23.8 Å². The average molecular weight is 193 g/mol. The van der Waals surface area contributed by atoms with E-state index >= 15 is 0 Å². The topological polar surface area (TPSA) is 44.5 Å². The molecule has 1 aliphatic heterocycles. The Hall–Kier alpha value is -1.22. The minimum atomic E-state index is 0.165. The van der Waals surface area contributed by atoms with Crippen LogP contribution in [0.3, 0.4) is 0 Å². The van der Waals surface area contributed by atoms with E-state index in [9.17, 15) is 0 Å². The summed E-state index contributed by atoms with van der Waals surface area (Å²) in [6.45, 7) is 3.46. The van der Waals surface area contributed by atoms with Crippen molar-refractivity contribution >= 4 is 5.69 Å². The molecule has 1 aromatic carbocycles. The van der Waals surface area contributed by atoms with Crippen LogP contribution in [-0.2, 0) is 4.74 Å². The van der Waals surface area contributed by atoms with Crippen LogP contribution in [0.5, 0.6) is 5.75 Å². The van der Waals surface area contributed by atoms with E-state index in [0.717, 1.165) is 24.3 Å². The summed E-state index contributed by atoms with van der Waals surface area (Å²) in [7, 11) is 0. The van der Waals surface area contributed by atoms with Gasteiger partial charge in [0.1, 0.15) is 11.9 Å². The molecule has 1 saturated heterocycles. The van der Waals surface area contributed by atoms with Crippen LogP contribution < -0.4 is 10.5 Å². The monoisotopic (exact) mass is 193 g/mol. The maximum atomic E-state index is 5.83. The zero-order valence-corrected chi connectivity index (χ0v) is 8.32. The van der Waals surface area contributed by atoms with Crippen molar-refractivity contribution in [3.63, 3.8) is 0 Å². The molecule has 0 amide bonds. The number of nitrogen functional groups attached to an aromatic ring is 1. The predicted octanol–water partition coefficient (Wildman–Crippen LogP) is 1.74. The Bertz CT molecular complexity index is 299. The van der Waals surface area contributed by atoms with E-state index in [2.05, 4.69) is 0 Å². The molecule has 3 nitrogen and oxygen atoms in total. The lowest BCUT2D eigenvalue weighted by Crippen LogP contribution is -2.17. The minimum absolute atomic E-state index is 0.165. The summed E-state index contributed by atoms with van der Waals surface area (Å²) in [6, 6.07) is 5.79. The molecule has 0 unspecified atom stereocenters. The molecule has 2 N–H and O–H groups in total. The first kappa shape index (κ1) is 9.34. The maximum Gasteiger partial charge on any atom is 0.145 e. The van der Waals surface area contributed by atoms with Crippen LogP contribution >= 0.6 is 0 Å². The lowest BCUT2D eigenvalue weighted by Gasteiger charge is -2.15. The Morgan fingerprint density at radius 3 is 3.00 bits per heavy atom. The molecule has 1 aliphatic rings. The second-order valence-electron chi connectivity index (χ2n) is 3.60. The van der Waals surface area contributed by atoms with Crippen molar-refractivity contribution < 1.29 is 9.47 Å². The summed E-state index contributed by atoms with van der Waals surface area (Å²) in [5.41, 5.74) is 7.62. The molecule has 0 radical (unpaired) electrons. The molecule has 0 aliphatic carbocycles. The van der Waals surface area contributed by atoms with Gasteiger partial charge in [0.15, 0.2) is 0 Å². The van der Waals surface area contributed by atoms with E-state index in [1.165, 1.54) is 0 Å². The van der Waals surface area contributed by atoms with Gasteiger partial charge in [-0.15, -0.1) is 0 Å². The second-order valence-corrected chi connectivity index (χ2v) is 3.60. The second kappa shape index (κ2) is 3.88. The van der Waals surface area contributed by atoms with E-state index in [0.29, 0.717) is 12.3 Å². The van der Waals surface area contributed by atoms with Crippen LogP contribution in [-0.4, -0.2) is 19.3 Å². The van der Waals surface area contributed by atoms with Crippen LogP contribution in [0.15, 0.2) is 18.2 Å². The Balaban J connectivity index is 2.14. The van der Waals surface area contributed by atoms with Gasteiger partial charge in [0.05, 0.1) is 18.9 Å². The Labute approximate surface area is 83.8 Å². The van der Waals surface area contributed by atoms with Gasteiger partial charge in [-0.1, -0.05) is 12.1 Å². The third-order valence-electron chi connectivity index (χ3n) is 2.41. The van der Waals surface area contributed by atoms with Gasteiger partial charge in [-0.3, -0.25) is 0 Å².